The molecule has 0 saturated carbocycles. The van der Waals surface area contributed by atoms with Crippen LogP contribution in [0.15, 0.2) is 60.7 Å². The molecule has 0 aliphatic carbocycles. The first-order valence-electron chi connectivity index (χ1n) is 13.2. The largest absolute Gasteiger partial charge is 0.416 e. The van der Waals surface area contributed by atoms with E-state index in [2.05, 4.69) is 9.97 Å². The smallest absolute Gasteiger partial charge is 0.397 e. The maximum atomic E-state index is 12.9. The molecule has 0 radical (unpaired) electrons. The zero-order chi connectivity index (χ0) is 31.3. The SMILES string of the molecule is CC.CC.CC.CC.Nc1cc2nc(-c3ccc(C(F)(F)F)cc3)c(-c3ccc(C(F)(F)F)cc3)nc2cc1N. The number of hydrogen-bond acceptors (Lipinski definition) is 4. The summed E-state index contributed by atoms with van der Waals surface area (Å²) < 4.78 is 77.7. The number of aromatic nitrogens is 2. The molecule has 220 valence electrons. The van der Waals surface area contributed by atoms with E-state index in [1.165, 1.54) is 36.4 Å². The molecule has 40 heavy (non-hydrogen) atoms. The number of alkyl halides is 6. The van der Waals surface area contributed by atoms with E-state index in [1.54, 1.807) is 0 Å². The summed E-state index contributed by atoms with van der Waals surface area (Å²) in [5.74, 6) is 0. The van der Waals surface area contributed by atoms with E-state index in [-0.39, 0.29) is 22.8 Å². The van der Waals surface area contributed by atoms with Gasteiger partial charge < -0.3 is 11.5 Å². The van der Waals surface area contributed by atoms with Crippen molar-refractivity contribution in [2.45, 2.75) is 67.7 Å². The van der Waals surface area contributed by atoms with Gasteiger partial charge in [-0.05, 0) is 36.4 Å². The van der Waals surface area contributed by atoms with Crippen molar-refractivity contribution in [1.82, 2.24) is 9.97 Å². The first-order valence-corrected chi connectivity index (χ1v) is 13.2. The highest BCUT2D eigenvalue weighted by Crippen LogP contribution is 2.36. The van der Waals surface area contributed by atoms with Gasteiger partial charge in [-0.15, -0.1) is 0 Å². The third kappa shape index (κ3) is 9.14. The Kier molecular flexibility index (Phi) is 14.8. The molecule has 4 aromatic rings. The van der Waals surface area contributed by atoms with Crippen LogP contribution in [0.2, 0.25) is 0 Å². The molecule has 0 unspecified atom stereocenters. The number of nitrogen functional groups attached to an aromatic ring is 2. The Hall–Kier alpha value is -3.82. The molecule has 3 aromatic carbocycles. The van der Waals surface area contributed by atoms with Crippen LogP contribution in [0.1, 0.15) is 66.5 Å². The maximum Gasteiger partial charge on any atom is 0.416 e. The Bertz CT molecular complexity index is 1200. The second-order valence-corrected chi connectivity index (χ2v) is 7.04. The topological polar surface area (TPSA) is 77.8 Å². The molecule has 0 amide bonds. The van der Waals surface area contributed by atoms with Gasteiger partial charge in [0.2, 0.25) is 0 Å². The summed E-state index contributed by atoms with van der Waals surface area (Å²) in [6.45, 7) is 16.0. The van der Waals surface area contributed by atoms with Crippen LogP contribution in [0.25, 0.3) is 33.5 Å². The molecule has 4 nitrogen and oxygen atoms in total. The lowest BCUT2D eigenvalue weighted by molar-refractivity contribution is -0.138. The first-order chi connectivity index (χ1) is 18.9. The fourth-order valence-electron chi connectivity index (χ4n) is 3.17. The average Bonchev–Trinajstić information content (AvgIpc) is 2.97. The quantitative estimate of drug-likeness (QED) is 0.186. The van der Waals surface area contributed by atoms with E-state index in [1.807, 2.05) is 55.4 Å². The summed E-state index contributed by atoms with van der Waals surface area (Å²) in [6.07, 6.45) is -9.04. The molecule has 4 N–H and O–H groups in total. The summed E-state index contributed by atoms with van der Waals surface area (Å²) in [5, 5.41) is 0. The summed E-state index contributed by atoms with van der Waals surface area (Å²) in [5.41, 5.74) is 12.1. The fraction of sp³-hybridized carbons (Fsp3) is 0.333. The highest BCUT2D eigenvalue weighted by Gasteiger charge is 2.31. The molecule has 0 bridgehead atoms. The van der Waals surface area contributed by atoms with Crippen LogP contribution < -0.4 is 11.5 Å². The van der Waals surface area contributed by atoms with Crippen LogP contribution in [-0.2, 0) is 12.4 Å². The summed E-state index contributed by atoms with van der Waals surface area (Å²) in [4.78, 5) is 8.97. The molecule has 0 fully saturated rings. The highest BCUT2D eigenvalue weighted by molar-refractivity contribution is 5.90. The number of halogens is 6. The third-order valence-corrected chi connectivity index (χ3v) is 4.84. The summed E-state index contributed by atoms with van der Waals surface area (Å²) >= 11 is 0. The second-order valence-electron chi connectivity index (χ2n) is 7.04. The van der Waals surface area contributed by atoms with Gasteiger partial charge in [0.15, 0.2) is 0 Å². The molecule has 1 aromatic heterocycles. The minimum atomic E-state index is -4.52. The van der Waals surface area contributed by atoms with Crippen LogP contribution >= 0.6 is 0 Å². The van der Waals surface area contributed by atoms with E-state index in [0.29, 0.717) is 22.2 Å². The predicted molar refractivity (Wildman–Crippen MR) is 155 cm³/mol. The molecule has 10 heteroatoms. The van der Waals surface area contributed by atoms with Crippen molar-refractivity contribution in [1.29, 1.82) is 0 Å². The lowest BCUT2D eigenvalue weighted by Gasteiger charge is -2.13. The minimum absolute atomic E-state index is 0.190. The van der Waals surface area contributed by atoms with Crippen LogP contribution in [0, 0.1) is 0 Å². The van der Waals surface area contributed by atoms with E-state index >= 15 is 0 Å². The summed E-state index contributed by atoms with van der Waals surface area (Å²) in [6, 6.07) is 11.5. The van der Waals surface area contributed by atoms with Gasteiger partial charge in [0.1, 0.15) is 0 Å². The number of nitrogens with zero attached hydrogens (tertiary/aromatic N) is 2. The molecule has 0 atom stereocenters. The van der Waals surface area contributed by atoms with Crippen molar-refractivity contribution in [2.75, 3.05) is 11.5 Å². The Labute approximate surface area is 232 Å². The number of hydrogen-bond donors (Lipinski definition) is 2. The Balaban J connectivity index is 0.00000175. The maximum absolute atomic E-state index is 12.9. The van der Waals surface area contributed by atoms with Crippen LogP contribution in [-0.4, -0.2) is 9.97 Å². The second kappa shape index (κ2) is 16.3. The molecule has 4 rings (SSSR count). The van der Waals surface area contributed by atoms with Gasteiger partial charge >= 0.3 is 12.4 Å². The van der Waals surface area contributed by atoms with Crippen molar-refractivity contribution in [3.05, 3.63) is 71.8 Å². The van der Waals surface area contributed by atoms with E-state index in [9.17, 15) is 26.3 Å². The molecule has 0 aliphatic heterocycles. The number of anilines is 2. The zero-order valence-electron chi connectivity index (χ0n) is 24.1. The highest BCUT2D eigenvalue weighted by atomic mass is 19.4. The normalized spacial score (nSPS) is 10.4. The lowest BCUT2D eigenvalue weighted by Crippen LogP contribution is -2.05. The number of benzene rings is 3. The van der Waals surface area contributed by atoms with Gasteiger partial charge in [-0.2, -0.15) is 26.3 Å². The molecule has 1 heterocycles. The van der Waals surface area contributed by atoms with Crippen molar-refractivity contribution in [2.24, 2.45) is 0 Å². The minimum Gasteiger partial charge on any atom is -0.397 e. The van der Waals surface area contributed by atoms with Gasteiger partial charge in [-0.1, -0.05) is 79.7 Å². The number of rotatable bonds is 2. The summed E-state index contributed by atoms with van der Waals surface area (Å²) in [7, 11) is 0. The monoisotopic (exact) mass is 568 g/mol. The molecule has 0 spiro atoms. The first kappa shape index (κ1) is 36.2. The van der Waals surface area contributed by atoms with Crippen LogP contribution in [0.3, 0.4) is 0 Å². The van der Waals surface area contributed by atoms with Crippen molar-refractivity contribution in [3.8, 4) is 22.5 Å². The Morgan fingerprint density at radius 1 is 0.475 bits per heavy atom. The van der Waals surface area contributed by atoms with Crippen LogP contribution in [0.4, 0.5) is 37.7 Å². The van der Waals surface area contributed by atoms with Crippen molar-refractivity contribution >= 4 is 22.4 Å². The number of fused-ring (bicyclic) bond motifs is 1. The molecule has 0 saturated heterocycles. The molecule has 0 aliphatic rings. The third-order valence-electron chi connectivity index (χ3n) is 4.84. The van der Waals surface area contributed by atoms with E-state index in [4.69, 9.17) is 11.5 Å². The Morgan fingerprint density at radius 3 is 0.950 bits per heavy atom. The van der Waals surface area contributed by atoms with Gasteiger partial charge in [-0.3, -0.25) is 0 Å². The van der Waals surface area contributed by atoms with Crippen molar-refractivity contribution in [3.63, 3.8) is 0 Å². The van der Waals surface area contributed by atoms with Gasteiger partial charge in [0, 0.05) is 11.1 Å². The van der Waals surface area contributed by atoms with Crippen LogP contribution in [0.5, 0.6) is 0 Å². The predicted octanol–water partition coefficient (Wildman–Crippen LogP) is 10.3. The van der Waals surface area contributed by atoms with Gasteiger partial charge in [-0.25, -0.2) is 9.97 Å². The number of nitrogens with two attached hydrogens (primary N) is 2. The average molecular weight is 569 g/mol. The molecular weight excluding hydrogens is 530 g/mol. The lowest BCUT2D eigenvalue weighted by atomic mass is 10.0. The van der Waals surface area contributed by atoms with Gasteiger partial charge in [0.05, 0.1) is 44.9 Å². The fourth-order valence-corrected chi connectivity index (χ4v) is 3.17. The van der Waals surface area contributed by atoms with E-state index in [0.717, 1.165) is 24.3 Å². The molecular formula is C30H38F6N4. The Morgan fingerprint density at radius 2 is 0.725 bits per heavy atom. The standard InChI is InChI=1S/C22H14F6N4.4C2H6/c23-21(24,25)13-5-1-11(2-6-13)19-20(12-3-7-14(8-4-12)22(26,27)28)32-18-10-16(30)15(29)9-17(18)31-19;4*1-2/h1-10H,29-30H2;4*1-2H3. The van der Waals surface area contributed by atoms with Gasteiger partial charge in [0.25, 0.3) is 0 Å². The van der Waals surface area contributed by atoms with Crippen molar-refractivity contribution < 1.29 is 26.3 Å². The zero-order valence-corrected chi connectivity index (χ0v) is 24.1. The van der Waals surface area contributed by atoms with E-state index < -0.39 is 23.5 Å².